The van der Waals surface area contributed by atoms with E-state index in [1.54, 1.807) is 13.2 Å². The SMILES string of the molecule is CN(CCCC[C@H](NCC(=O)C1(NC(=O)CCc2cnc[nH]2)CCC1)C(N)=O)C(=O)CC[C@H](CC(=O)COCCOCCNC(=O)CC[C@H](CC(=O)COCCOCCNC(=O)CC[C@H](CC(=O)COCCOCCNC(=O)CC[C@H](NC(=O)CC[C@H](CC(=O)CCCCCCCCCCCCCCCCC(=O)O)C(=O)O)C(=O)O)C(=O)O)C(=O)O)C(=O)O. The summed E-state index contributed by atoms with van der Waals surface area (Å²) in [5, 5.41) is 73.0. The van der Waals surface area contributed by atoms with Crippen molar-refractivity contribution in [2.75, 3.05) is 119 Å². The number of amides is 7. The van der Waals surface area contributed by atoms with E-state index in [-0.39, 0.29) is 218 Å². The van der Waals surface area contributed by atoms with Gasteiger partial charge in [0.15, 0.2) is 23.1 Å². The lowest BCUT2D eigenvalue weighted by atomic mass is 9.73. The number of hydrogen-bond donors (Lipinski definition) is 14. The lowest BCUT2D eigenvalue weighted by Crippen LogP contribution is -2.62. The molecule has 0 saturated heterocycles. The Balaban J connectivity index is 1.47. The lowest BCUT2D eigenvalue weighted by molar-refractivity contribution is -0.145. The maximum atomic E-state index is 13.2. The van der Waals surface area contributed by atoms with Crippen LogP contribution >= 0.6 is 0 Å². The summed E-state index contributed by atoms with van der Waals surface area (Å²) in [7, 11) is 1.55. The van der Waals surface area contributed by atoms with Crippen molar-refractivity contribution >= 4 is 106 Å². The van der Waals surface area contributed by atoms with Gasteiger partial charge in [-0.2, -0.15) is 0 Å². The number of ketones is 5. The number of carboxylic acid groups (broad SMARTS) is 6. The number of primary amides is 1. The van der Waals surface area contributed by atoms with Crippen LogP contribution in [-0.4, -0.2) is 288 Å². The molecule has 1 aromatic heterocycles. The molecule has 0 spiro atoms. The van der Waals surface area contributed by atoms with Crippen LogP contribution in [0.5, 0.6) is 0 Å². The van der Waals surface area contributed by atoms with E-state index in [0.29, 0.717) is 38.5 Å². The van der Waals surface area contributed by atoms with Crippen LogP contribution in [0.1, 0.15) is 243 Å². The zero-order chi connectivity index (χ0) is 91.7. The van der Waals surface area contributed by atoms with Gasteiger partial charge in [0.05, 0.1) is 108 Å². The fraction of sp³-hybridized carbons (Fsp3) is 0.750. The van der Waals surface area contributed by atoms with Gasteiger partial charge in [-0.25, -0.2) is 9.78 Å². The number of Topliss-reactive ketones (excluding diaryl/α,β-unsaturated/α-hetero) is 5. The van der Waals surface area contributed by atoms with Crippen LogP contribution in [0, 0.1) is 23.7 Å². The van der Waals surface area contributed by atoms with Crippen LogP contribution in [0.3, 0.4) is 0 Å². The van der Waals surface area contributed by atoms with Crippen LogP contribution in [0.25, 0.3) is 0 Å². The number of nitrogens with two attached hydrogens (primary N) is 1. The summed E-state index contributed by atoms with van der Waals surface area (Å²) in [4.78, 5) is 230. The first-order chi connectivity index (χ1) is 59.3. The van der Waals surface area contributed by atoms with Gasteiger partial charge >= 0.3 is 35.8 Å². The normalized spacial score (nSPS) is 13.6. The van der Waals surface area contributed by atoms with E-state index in [4.69, 9.17) is 39.3 Å². The molecule has 40 nitrogen and oxygen atoms in total. The molecule has 40 heteroatoms. The van der Waals surface area contributed by atoms with Gasteiger partial charge in [0.2, 0.25) is 41.4 Å². The monoisotopic (exact) mass is 1760 g/mol. The quantitative estimate of drug-likeness (QED) is 0.0411. The molecule has 0 bridgehead atoms. The first-order valence-corrected chi connectivity index (χ1v) is 43.4. The number of aromatic nitrogens is 2. The number of carbonyl (C=O) groups excluding carboxylic acids is 12. The number of H-pyrrole nitrogens is 1. The number of hydrogen-bond acceptors (Lipinski definition) is 26. The number of aryl methyl sites for hydroxylation is 1. The van der Waals surface area contributed by atoms with Gasteiger partial charge < -0.3 is 101 Å². The molecule has 1 aliphatic carbocycles. The molecule has 1 saturated carbocycles. The zero-order valence-electron chi connectivity index (χ0n) is 72.0. The van der Waals surface area contributed by atoms with E-state index in [1.165, 1.54) is 30.5 Å². The van der Waals surface area contributed by atoms with Gasteiger partial charge in [0.25, 0.3) is 0 Å². The number of nitrogens with zero attached hydrogens (tertiary/aromatic N) is 2. The highest BCUT2D eigenvalue weighted by Crippen LogP contribution is 2.33. The minimum absolute atomic E-state index is 0.00282. The predicted octanol–water partition coefficient (Wildman–Crippen LogP) is 3.91. The highest BCUT2D eigenvalue weighted by Gasteiger charge is 2.45. The summed E-state index contributed by atoms with van der Waals surface area (Å²) in [6.07, 6.45) is 17.9. The number of unbranched alkanes of at least 4 members (excludes halogenated alkanes) is 14. The Kier molecular flexibility index (Phi) is 60.4. The third-order valence-electron chi connectivity index (χ3n) is 21.0. The molecule has 2 rings (SSSR count). The molecule has 124 heavy (non-hydrogen) atoms. The molecule has 1 fully saturated rings. The molecule has 0 aliphatic heterocycles. The second-order valence-corrected chi connectivity index (χ2v) is 31.3. The van der Waals surface area contributed by atoms with Crippen LogP contribution < -0.4 is 37.6 Å². The molecule has 7 amide bonds. The summed E-state index contributed by atoms with van der Waals surface area (Å²) >= 11 is 0. The summed E-state index contributed by atoms with van der Waals surface area (Å²) in [5.41, 5.74) is 5.41. The third-order valence-corrected chi connectivity index (χ3v) is 21.0. The Morgan fingerprint density at radius 3 is 1.21 bits per heavy atom. The summed E-state index contributed by atoms with van der Waals surface area (Å²) in [6.45, 7) is -1.20. The van der Waals surface area contributed by atoms with Crippen molar-refractivity contribution in [3.63, 3.8) is 0 Å². The summed E-state index contributed by atoms with van der Waals surface area (Å²) in [6, 6.07) is -2.28. The number of aromatic amines is 1. The topological polar surface area (TPSA) is 614 Å². The Morgan fingerprint density at radius 2 is 0.823 bits per heavy atom. The first kappa shape index (κ1) is 110. The largest absolute Gasteiger partial charge is 0.481 e. The van der Waals surface area contributed by atoms with Crippen LogP contribution in [0.4, 0.5) is 0 Å². The number of aliphatic carboxylic acids is 6. The van der Waals surface area contributed by atoms with Crippen LogP contribution in [-0.2, 0) is 121 Å². The number of carboxylic acids is 6. The highest BCUT2D eigenvalue weighted by atomic mass is 16.5. The van der Waals surface area contributed by atoms with Crippen LogP contribution in [0.15, 0.2) is 12.5 Å². The maximum Gasteiger partial charge on any atom is 0.326 e. The smallest absolute Gasteiger partial charge is 0.326 e. The third kappa shape index (κ3) is 55.6. The van der Waals surface area contributed by atoms with Crippen molar-refractivity contribution in [2.45, 2.75) is 262 Å². The molecule has 15 N–H and O–H groups in total. The molecular weight excluding hydrogens is 1630 g/mol. The molecule has 0 radical (unpaired) electrons. The average molecular weight is 1770 g/mol. The molecule has 702 valence electrons. The van der Waals surface area contributed by atoms with Gasteiger partial charge in [-0.05, 0) is 89.9 Å². The van der Waals surface area contributed by atoms with E-state index in [1.807, 2.05) is 0 Å². The van der Waals surface area contributed by atoms with Crippen molar-refractivity contribution in [3.8, 4) is 0 Å². The molecule has 1 aromatic rings. The van der Waals surface area contributed by atoms with Crippen molar-refractivity contribution in [3.05, 3.63) is 18.2 Å². The minimum atomic E-state index is -1.44. The standard InChI is InChI=1S/C84H136N10O30/c1-94(39-17-16-20-68(78(85)108)90-54-70(99)84(34-18-35-84)93-75(104)31-26-63-53-86-58-91-63)76(105)33-25-62(82(115)116)52-67(98)57-124-48-44-120-41-37-88-72(101)29-22-60(80(111)112)50-65(96)55-122-46-43-119-40-36-87-71(100)28-23-61(81(113)114)51-66(97)56-123-47-45-121-42-38-89-73(102)32-27-69(83(117)118)92-74(103)30-24-59(79(109)110)49-64(95)19-14-12-10-8-6-4-2-3-5-7-9-11-13-15-21-77(106)107/h53,58-62,68-69,90H,2-52,54-57H2,1H3,(H2,85,108)(H,86,91)(H,87,100)(H,88,101)(H,89,102)(H,92,103)(H,93,104)(H,106,107)(H,109,110)(H,111,112)(H,113,114)(H,115,116)(H,117,118)/t59-,60-,61-,62-,68+,69+/m1/s1. The molecular formula is C84H136N10O30. The van der Waals surface area contributed by atoms with E-state index >= 15 is 0 Å². The summed E-state index contributed by atoms with van der Waals surface area (Å²) in [5.74, 6) is -17.5. The zero-order valence-corrected chi connectivity index (χ0v) is 72.0. The van der Waals surface area contributed by atoms with E-state index < -0.39 is 157 Å². The number of nitrogens with one attached hydrogen (secondary N) is 7. The molecule has 0 aromatic carbocycles. The van der Waals surface area contributed by atoms with Crippen molar-refractivity contribution in [2.24, 2.45) is 29.4 Å². The Bertz CT molecular complexity index is 3430. The maximum absolute atomic E-state index is 13.2. The molecule has 6 atom stereocenters. The lowest BCUT2D eigenvalue weighted by Gasteiger charge is -2.41. The first-order valence-electron chi connectivity index (χ1n) is 43.4. The number of rotatable bonds is 84. The Morgan fingerprint density at radius 1 is 0.427 bits per heavy atom. The Hall–Kier alpha value is -9.61. The van der Waals surface area contributed by atoms with Gasteiger partial charge in [0, 0.05) is 122 Å². The van der Waals surface area contributed by atoms with E-state index in [0.717, 1.165) is 76.3 Å². The van der Waals surface area contributed by atoms with Crippen molar-refractivity contribution in [1.82, 2.24) is 46.8 Å². The Labute approximate surface area is 723 Å². The van der Waals surface area contributed by atoms with Gasteiger partial charge in [-0.15, -0.1) is 0 Å². The average Bonchev–Trinajstić information content (AvgIpc) is 0.858. The van der Waals surface area contributed by atoms with Crippen molar-refractivity contribution < 1.29 is 145 Å². The fourth-order valence-electron chi connectivity index (χ4n) is 13.4. The molecule has 1 heterocycles. The second-order valence-electron chi connectivity index (χ2n) is 31.3. The fourth-order valence-corrected chi connectivity index (χ4v) is 13.4. The number of ether oxygens (including phenoxy) is 6. The highest BCUT2D eigenvalue weighted by molar-refractivity contribution is 5.96. The predicted molar refractivity (Wildman–Crippen MR) is 443 cm³/mol. The number of imidazole rings is 1. The van der Waals surface area contributed by atoms with Gasteiger partial charge in [-0.1, -0.05) is 77.0 Å². The van der Waals surface area contributed by atoms with Crippen molar-refractivity contribution in [1.29, 1.82) is 0 Å². The van der Waals surface area contributed by atoms with Gasteiger partial charge in [-0.3, -0.25) is 86.8 Å². The van der Waals surface area contributed by atoms with Crippen LogP contribution in [0.2, 0.25) is 0 Å². The minimum Gasteiger partial charge on any atom is -0.481 e. The summed E-state index contributed by atoms with van der Waals surface area (Å²) < 4.78 is 32.1. The second kappa shape index (κ2) is 67.8. The number of carbonyl (C=O) groups is 18. The van der Waals surface area contributed by atoms with Gasteiger partial charge in [0.1, 0.15) is 31.6 Å². The van der Waals surface area contributed by atoms with E-state index in [2.05, 4.69) is 41.9 Å². The molecule has 1 aliphatic rings. The van der Waals surface area contributed by atoms with E-state index in [9.17, 15) is 112 Å². The molecule has 0 unspecified atom stereocenters.